The Labute approximate surface area is 236 Å². The second-order valence-corrected chi connectivity index (χ2v) is 10.7. The lowest BCUT2D eigenvalue weighted by Gasteiger charge is -2.22. The average molecular weight is 523 g/mol. The predicted molar refractivity (Wildman–Crippen MR) is 161 cm³/mol. The van der Waals surface area contributed by atoms with Crippen LogP contribution in [-0.2, 0) is 0 Å². The van der Waals surface area contributed by atoms with E-state index in [1.54, 1.807) is 0 Å². The van der Waals surface area contributed by atoms with Crippen LogP contribution in [0.2, 0.25) is 0 Å². The lowest BCUT2D eigenvalue weighted by Crippen LogP contribution is -2.29. The Kier molecular flexibility index (Phi) is 6.99. The van der Waals surface area contributed by atoms with E-state index in [9.17, 15) is 0 Å². The Bertz CT molecular complexity index is 1310. The third kappa shape index (κ3) is 4.87. The molecule has 0 spiro atoms. The molecule has 4 heteroatoms. The molecule has 2 aliphatic rings. The second-order valence-electron chi connectivity index (χ2n) is 10.7. The number of nitrogens with one attached hydrogen (secondary N) is 4. The SMILES string of the molecule is c1ccc(C2NC(c3ccccc3C3NC(c4ccccc4)C(c4ccccc4)N3)NC2c2ccccc2)cc1. The van der Waals surface area contributed by atoms with Crippen molar-refractivity contribution < 1.29 is 0 Å². The van der Waals surface area contributed by atoms with Gasteiger partial charge in [0.2, 0.25) is 0 Å². The molecule has 2 aliphatic heterocycles. The molecular weight excluding hydrogens is 488 g/mol. The fourth-order valence-electron chi connectivity index (χ4n) is 6.39. The third-order valence-corrected chi connectivity index (χ3v) is 8.30. The number of rotatable bonds is 6. The Balaban J connectivity index is 1.23. The summed E-state index contributed by atoms with van der Waals surface area (Å²) in [5, 5.41) is 15.8. The van der Waals surface area contributed by atoms with Crippen molar-refractivity contribution in [3.05, 3.63) is 179 Å². The van der Waals surface area contributed by atoms with Crippen LogP contribution in [0.15, 0.2) is 146 Å². The molecule has 2 saturated heterocycles. The summed E-state index contributed by atoms with van der Waals surface area (Å²) in [6, 6.07) is 52.5. The highest BCUT2D eigenvalue weighted by atomic mass is 15.3. The van der Waals surface area contributed by atoms with Gasteiger partial charge in [0.1, 0.15) is 0 Å². The van der Waals surface area contributed by atoms with Crippen molar-refractivity contribution in [3.8, 4) is 0 Å². The minimum Gasteiger partial charge on any atom is -0.289 e. The number of hydrogen-bond donors (Lipinski definition) is 4. The van der Waals surface area contributed by atoms with Gasteiger partial charge in [-0.3, -0.25) is 21.3 Å². The summed E-state index contributed by atoms with van der Waals surface area (Å²) in [5.41, 5.74) is 7.66. The molecular formula is C36H34N4. The van der Waals surface area contributed by atoms with E-state index in [2.05, 4.69) is 167 Å². The fraction of sp³-hybridized carbons (Fsp3) is 0.167. The van der Waals surface area contributed by atoms with Crippen LogP contribution in [0.1, 0.15) is 69.9 Å². The molecule has 5 aromatic rings. The average Bonchev–Trinajstić information content (AvgIpc) is 3.69. The van der Waals surface area contributed by atoms with E-state index in [-0.39, 0.29) is 36.5 Å². The first kappa shape index (κ1) is 24.9. The third-order valence-electron chi connectivity index (χ3n) is 8.30. The topological polar surface area (TPSA) is 48.1 Å². The van der Waals surface area contributed by atoms with E-state index >= 15 is 0 Å². The standard InChI is InChI=1S/C36H34N4/c1-5-15-25(16-6-1)31-32(26-17-7-2-8-18-26)38-35(37-31)29-23-13-14-24-30(29)36-39-33(27-19-9-3-10-20-27)34(40-36)28-21-11-4-12-22-28/h1-24,31-40H. The second kappa shape index (κ2) is 11.2. The monoisotopic (exact) mass is 522 g/mol. The first-order valence-electron chi connectivity index (χ1n) is 14.2. The molecule has 0 saturated carbocycles. The summed E-state index contributed by atoms with van der Waals surface area (Å²) in [6.45, 7) is 0. The highest BCUT2D eigenvalue weighted by molar-refractivity contribution is 5.39. The van der Waals surface area contributed by atoms with Crippen LogP contribution in [0.3, 0.4) is 0 Å². The van der Waals surface area contributed by atoms with Crippen LogP contribution in [0.5, 0.6) is 0 Å². The molecule has 0 aliphatic carbocycles. The van der Waals surface area contributed by atoms with E-state index in [0.717, 1.165) is 0 Å². The van der Waals surface area contributed by atoms with Gasteiger partial charge in [-0.15, -0.1) is 0 Å². The maximum atomic E-state index is 3.96. The van der Waals surface area contributed by atoms with Crippen molar-refractivity contribution >= 4 is 0 Å². The Morgan fingerprint density at radius 1 is 0.275 bits per heavy atom. The minimum atomic E-state index is 0.00108. The van der Waals surface area contributed by atoms with Crippen molar-refractivity contribution in [2.75, 3.05) is 0 Å². The molecule has 7 rings (SSSR count). The first-order valence-corrected chi connectivity index (χ1v) is 14.2. The van der Waals surface area contributed by atoms with Gasteiger partial charge in [-0.2, -0.15) is 0 Å². The molecule has 4 nitrogen and oxygen atoms in total. The molecule has 0 aromatic heterocycles. The molecule has 0 bridgehead atoms. The zero-order chi connectivity index (χ0) is 26.7. The molecule has 4 N–H and O–H groups in total. The maximum absolute atomic E-state index is 3.96. The van der Waals surface area contributed by atoms with E-state index in [4.69, 9.17) is 0 Å². The Hall–Kier alpha value is -4.06. The summed E-state index contributed by atoms with van der Waals surface area (Å²) in [7, 11) is 0. The van der Waals surface area contributed by atoms with Gasteiger partial charge in [0.25, 0.3) is 0 Å². The van der Waals surface area contributed by atoms with Crippen LogP contribution >= 0.6 is 0 Å². The molecule has 2 heterocycles. The van der Waals surface area contributed by atoms with Crippen molar-refractivity contribution in [2.24, 2.45) is 0 Å². The quantitative estimate of drug-likeness (QED) is 0.193. The zero-order valence-corrected chi connectivity index (χ0v) is 22.3. The molecule has 0 amide bonds. The van der Waals surface area contributed by atoms with Gasteiger partial charge in [-0.1, -0.05) is 146 Å². The lowest BCUT2D eigenvalue weighted by molar-refractivity contribution is 0.510. The van der Waals surface area contributed by atoms with E-state index in [0.29, 0.717) is 0 Å². The summed E-state index contributed by atoms with van der Waals surface area (Å²) in [5.74, 6) is 0. The van der Waals surface area contributed by atoms with Crippen LogP contribution in [-0.4, -0.2) is 0 Å². The van der Waals surface area contributed by atoms with Crippen molar-refractivity contribution in [2.45, 2.75) is 36.5 Å². The van der Waals surface area contributed by atoms with Crippen LogP contribution < -0.4 is 21.3 Å². The number of benzene rings is 5. The van der Waals surface area contributed by atoms with Gasteiger partial charge in [-0.25, -0.2) is 0 Å². The van der Waals surface area contributed by atoms with Gasteiger partial charge >= 0.3 is 0 Å². The van der Waals surface area contributed by atoms with E-state index in [1.165, 1.54) is 33.4 Å². The minimum absolute atomic E-state index is 0.00108. The highest BCUT2D eigenvalue weighted by Crippen LogP contribution is 2.42. The molecule has 4 unspecified atom stereocenters. The summed E-state index contributed by atoms with van der Waals surface area (Å²) in [6.07, 6.45) is 0.00215. The van der Waals surface area contributed by atoms with Gasteiger partial charge in [0, 0.05) is 0 Å². The fourth-order valence-corrected chi connectivity index (χ4v) is 6.39. The van der Waals surface area contributed by atoms with E-state index < -0.39 is 0 Å². The normalized spacial score (nSPS) is 26.1. The lowest BCUT2D eigenvalue weighted by atomic mass is 9.95. The summed E-state index contributed by atoms with van der Waals surface area (Å²) < 4.78 is 0. The molecule has 4 atom stereocenters. The molecule has 5 aromatic carbocycles. The van der Waals surface area contributed by atoms with Crippen LogP contribution in [0.25, 0.3) is 0 Å². The molecule has 0 radical (unpaired) electrons. The molecule has 198 valence electrons. The predicted octanol–water partition coefficient (Wildman–Crippen LogP) is 7.03. The zero-order valence-electron chi connectivity index (χ0n) is 22.3. The largest absolute Gasteiger partial charge is 0.289 e. The smallest absolute Gasteiger partial charge is 0.0850 e. The summed E-state index contributed by atoms with van der Waals surface area (Å²) >= 11 is 0. The Morgan fingerprint density at radius 3 is 0.750 bits per heavy atom. The van der Waals surface area contributed by atoms with Gasteiger partial charge in [0.15, 0.2) is 0 Å². The maximum Gasteiger partial charge on any atom is 0.0850 e. The Morgan fingerprint density at radius 2 is 0.500 bits per heavy atom. The van der Waals surface area contributed by atoms with Crippen LogP contribution in [0, 0.1) is 0 Å². The van der Waals surface area contributed by atoms with Crippen LogP contribution in [0.4, 0.5) is 0 Å². The number of hydrogen-bond acceptors (Lipinski definition) is 4. The van der Waals surface area contributed by atoms with Crippen molar-refractivity contribution in [1.82, 2.24) is 21.3 Å². The highest BCUT2D eigenvalue weighted by Gasteiger charge is 2.40. The van der Waals surface area contributed by atoms with E-state index in [1.807, 2.05) is 0 Å². The summed E-state index contributed by atoms with van der Waals surface area (Å²) in [4.78, 5) is 0. The van der Waals surface area contributed by atoms with Crippen molar-refractivity contribution in [1.29, 1.82) is 0 Å². The first-order chi connectivity index (χ1) is 19.8. The van der Waals surface area contributed by atoms with Crippen molar-refractivity contribution in [3.63, 3.8) is 0 Å². The van der Waals surface area contributed by atoms with Gasteiger partial charge in [-0.05, 0) is 33.4 Å². The van der Waals surface area contributed by atoms with Gasteiger partial charge in [0.05, 0.1) is 36.5 Å². The molecule has 40 heavy (non-hydrogen) atoms. The molecule has 2 fully saturated rings. The van der Waals surface area contributed by atoms with Gasteiger partial charge < -0.3 is 0 Å².